The van der Waals surface area contributed by atoms with Gasteiger partial charge in [-0.15, -0.1) is 11.3 Å². The smallest absolute Gasteiger partial charge is 0.264 e. The lowest BCUT2D eigenvalue weighted by Gasteiger charge is -2.39. The Balaban J connectivity index is 1.87. The molecule has 1 aromatic rings. The first kappa shape index (κ1) is 15.0. The van der Waals surface area contributed by atoms with Gasteiger partial charge in [-0.05, 0) is 68.0 Å². The first-order valence-electron chi connectivity index (χ1n) is 6.95. The lowest BCUT2D eigenvalue weighted by molar-refractivity contribution is 0.0713. The summed E-state index contributed by atoms with van der Waals surface area (Å²) in [6.45, 7) is 7.93. The number of carbonyl (C=O) groups excluding carboxylic acids is 1. The first-order valence-corrected chi connectivity index (χ1v) is 9.35. The molecule has 1 saturated heterocycles. The fourth-order valence-electron chi connectivity index (χ4n) is 4.29. The van der Waals surface area contributed by atoms with Crippen molar-refractivity contribution in [2.75, 3.05) is 6.54 Å². The lowest BCUT2D eigenvalue weighted by atomic mass is 9.65. The van der Waals surface area contributed by atoms with Crippen LogP contribution in [0.5, 0.6) is 0 Å². The van der Waals surface area contributed by atoms with E-state index in [0.717, 1.165) is 32.5 Å². The lowest BCUT2D eigenvalue weighted by Crippen LogP contribution is -2.37. The SMILES string of the molecule is CC1(C)CC2CC(C)(CN2C(=O)c2cc(Br)c(Br)s2)C1. The molecule has 20 heavy (non-hydrogen) atoms. The van der Waals surface area contributed by atoms with Gasteiger partial charge in [0.25, 0.3) is 5.91 Å². The number of likely N-dealkylation sites (tertiary alicyclic amines) is 1. The van der Waals surface area contributed by atoms with Gasteiger partial charge in [0, 0.05) is 17.1 Å². The Morgan fingerprint density at radius 3 is 2.65 bits per heavy atom. The summed E-state index contributed by atoms with van der Waals surface area (Å²) in [5, 5.41) is 0. The third kappa shape index (κ3) is 2.61. The molecule has 2 nitrogen and oxygen atoms in total. The third-order valence-corrected chi connectivity index (χ3v) is 7.78. The van der Waals surface area contributed by atoms with Gasteiger partial charge in [-0.25, -0.2) is 0 Å². The van der Waals surface area contributed by atoms with Crippen LogP contribution in [0.3, 0.4) is 0 Å². The van der Waals surface area contributed by atoms with Crippen LogP contribution in [-0.4, -0.2) is 23.4 Å². The zero-order chi connectivity index (χ0) is 14.7. The molecule has 1 aliphatic carbocycles. The summed E-state index contributed by atoms with van der Waals surface area (Å²) < 4.78 is 1.97. The normalized spacial score (nSPS) is 31.6. The molecular weight excluding hydrogens is 402 g/mol. The van der Waals surface area contributed by atoms with Crippen LogP contribution in [0.4, 0.5) is 0 Å². The minimum absolute atomic E-state index is 0.202. The maximum absolute atomic E-state index is 12.8. The van der Waals surface area contributed by atoms with Gasteiger partial charge < -0.3 is 4.90 Å². The molecular formula is C15H19Br2NOS. The fourth-order valence-corrected chi connectivity index (χ4v) is 6.28. The molecule has 1 saturated carbocycles. The highest BCUT2D eigenvalue weighted by atomic mass is 79.9. The number of hydrogen-bond donors (Lipinski definition) is 0. The zero-order valence-electron chi connectivity index (χ0n) is 12.0. The monoisotopic (exact) mass is 419 g/mol. The number of halogens is 2. The van der Waals surface area contributed by atoms with Crippen LogP contribution in [0.15, 0.2) is 14.3 Å². The van der Waals surface area contributed by atoms with Crippen molar-refractivity contribution in [1.82, 2.24) is 4.90 Å². The van der Waals surface area contributed by atoms with E-state index in [0.29, 0.717) is 16.9 Å². The zero-order valence-corrected chi connectivity index (χ0v) is 16.0. The molecule has 2 unspecified atom stereocenters. The summed E-state index contributed by atoms with van der Waals surface area (Å²) in [4.78, 5) is 15.8. The van der Waals surface area contributed by atoms with Crippen molar-refractivity contribution in [2.45, 2.75) is 46.1 Å². The molecule has 1 amide bonds. The maximum Gasteiger partial charge on any atom is 0.264 e. The van der Waals surface area contributed by atoms with Crippen molar-refractivity contribution in [2.24, 2.45) is 10.8 Å². The van der Waals surface area contributed by atoms with E-state index in [9.17, 15) is 4.79 Å². The van der Waals surface area contributed by atoms with E-state index < -0.39 is 0 Å². The van der Waals surface area contributed by atoms with E-state index in [1.54, 1.807) is 0 Å². The molecule has 110 valence electrons. The Labute approximate surface area is 141 Å². The largest absolute Gasteiger partial charge is 0.334 e. The number of hydrogen-bond acceptors (Lipinski definition) is 2. The Hall–Kier alpha value is 0.130. The maximum atomic E-state index is 12.8. The van der Waals surface area contributed by atoms with E-state index in [1.807, 2.05) is 6.07 Å². The molecule has 0 spiro atoms. The Kier molecular flexibility index (Phi) is 3.62. The average Bonchev–Trinajstić information content (AvgIpc) is 2.75. The molecule has 2 aliphatic rings. The van der Waals surface area contributed by atoms with E-state index in [4.69, 9.17) is 0 Å². The number of carbonyl (C=O) groups is 1. The number of rotatable bonds is 1. The molecule has 2 heterocycles. The summed E-state index contributed by atoms with van der Waals surface area (Å²) in [6.07, 6.45) is 3.51. The summed E-state index contributed by atoms with van der Waals surface area (Å²) in [6, 6.07) is 2.35. The van der Waals surface area contributed by atoms with E-state index in [1.165, 1.54) is 17.8 Å². The predicted octanol–water partition coefficient (Wildman–Crippen LogP) is 5.31. The van der Waals surface area contributed by atoms with Crippen molar-refractivity contribution in [3.63, 3.8) is 0 Å². The second-order valence-electron chi connectivity index (χ2n) is 7.38. The van der Waals surface area contributed by atoms with Crippen LogP contribution in [0.2, 0.25) is 0 Å². The second-order valence-corrected chi connectivity index (χ2v) is 10.6. The van der Waals surface area contributed by atoms with Gasteiger partial charge in [0.2, 0.25) is 0 Å². The fraction of sp³-hybridized carbons (Fsp3) is 0.667. The minimum atomic E-state index is 0.202. The summed E-state index contributed by atoms with van der Waals surface area (Å²) in [5.41, 5.74) is 0.650. The summed E-state index contributed by atoms with van der Waals surface area (Å²) in [5.74, 6) is 0.202. The molecule has 1 aliphatic heterocycles. The van der Waals surface area contributed by atoms with Crippen LogP contribution in [0.25, 0.3) is 0 Å². The van der Waals surface area contributed by atoms with Gasteiger partial charge in [0.1, 0.15) is 0 Å². The van der Waals surface area contributed by atoms with Crippen molar-refractivity contribution in [1.29, 1.82) is 0 Å². The van der Waals surface area contributed by atoms with E-state index in [2.05, 4.69) is 57.5 Å². The molecule has 0 aromatic carbocycles. The number of amides is 1. The number of fused-ring (bicyclic) bond motifs is 2. The highest BCUT2D eigenvalue weighted by molar-refractivity contribution is 9.13. The van der Waals surface area contributed by atoms with Crippen LogP contribution in [-0.2, 0) is 0 Å². The van der Waals surface area contributed by atoms with Gasteiger partial charge in [-0.3, -0.25) is 4.79 Å². The molecule has 2 fully saturated rings. The Morgan fingerprint density at radius 2 is 2.05 bits per heavy atom. The average molecular weight is 421 g/mol. The molecule has 2 bridgehead atoms. The predicted molar refractivity (Wildman–Crippen MR) is 90.3 cm³/mol. The summed E-state index contributed by atoms with van der Waals surface area (Å²) in [7, 11) is 0. The van der Waals surface area contributed by atoms with E-state index >= 15 is 0 Å². The van der Waals surface area contributed by atoms with Gasteiger partial charge in [-0.2, -0.15) is 0 Å². The molecule has 5 heteroatoms. The summed E-state index contributed by atoms with van der Waals surface area (Å²) >= 11 is 8.47. The van der Waals surface area contributed by atoms with Gasteiger partial charge in [0.15, 0.2) is 0 Å². The van der Waals surface area contributed by atoms with Gasteiger partial charge in [0.05, 0.1) is 8.66 Å². The van der Waals surface area contributed by atoms with Crippen LogP contribution in [0, 0.1) is 10.8 Å². The Bertz CT molecular complexity index is 549. The second kappa shape index (κ2) is 4.82. The Morgan fingerprint density at radius 1 is 1.35 bits per heavy atom. The van der Waals surface area contributed by atoms with Gasteiger partial charge >= 0.3 is 0 Å². The van der Waals surface area contributed by atoms with Crippen molar-refractivity contribution in [3.05, 3.63) is 19.2 Å². The van der Waals surface area contributed by atoms with Crippen LogP contribution < -0.4 is 0 Å². The molecule has 0 radical (unpaired) electrons. The topological polar surface area (TPSA) is 20.3 Å². The quantitative estimate of drug-likeness (QED) is 0.602. The third-order valence-electron chi connectivity index (χ3n) is 4.53. The van der Waals surface area contributed by atoms with Crippen LogP contribution >= 0.6 is 43.2 Å². The standard InChI is InChI=1S/C15H19Br2NOS/c1-14(2)5-9-6-15(3,7-14)8-18(9)13(19)11-4-10(16)12(17)20-11/h4,9H,5-8H2,1-3H3. The van der Waals surface area contributed by atoms with Crippen molar-refractivity contribution >= 4 is 49.1 Å². The minimum Gasteiger partial charge on any atom is -0.334 e. The molecule has 0 N–H and O–H groups in total. The van der Waals surface area contributed by atoms with Gasteiger partial charge in [-0.1, -0.05) is 20.8 Å². The van der Waals surface area contributed by atoms with Crippen LogP contribution in [0.1, 0.15) is 49.7 Å². The number of thiophene rings is 1. The molecule has 1 aromatic heterocycles. The molecule has 2 atom stereocenters. The molecule has 3 rings (SSSR count). The van der Waals surface area contributed by atoms with Crippen molar-refractivity contribution < 1.29 is 4.79 Å². The number of nitrogens with zero attached hydrogens (tertiary/aromatic N) is 1. The highest BCUT2D eigenvalue weighted by Crippen LogP contribution is 2.53. The van der Waals surface area contributed by atoms with Crippen molar-refractivity contribution in [3.8, 4) is 0 Å². The first-order chi connectivity index (χ1) is 9.19. The van der Waals surface area contributed by atoms with E-state index in [-0.39, 0.29) is 5.91 Å². The highest BCUT2D eigenvalue weighted by Gasteiger charge is 2.51.